The predicted octanol–water partition coefficient (Wildman–Crippen LogP) is 0.525. The first-order chi connectivity index (χ1) is 8.22. The molecule has 17 heavy (non-hydrogen) atoms. The van der Waals surface area contributed by atoms with E-state index in [-0.39, 0.29) is 17.6 Å². The summed E-state index contributed by atoms with van der Waals surface area (Å²) < 4.78 is 1.65. The minimum atomic E-state index is -0.177. The summed E-state index contributed by atoms with van der Waals surface area (Å²) in [5.74, 6) is 0.284. The number of nitrogens with one attached hydrogen (secondary N) is 2. The molecule has 2 rings (SSSR count). The highest BCUT2D eigenvalue weighted by atomic mass is 32.2. The van der Waals surface area contributed by atoms with Crippen molar-refractivity contribution in [2.45, 2.75) is 37.4 Å². The lowest BCUT2D eigenvalue weighted by Crippen LogP contribution is -2.26. The molecule has 0 spiro atoms. The number of thioether (sulfide) groups is 1. The molecule has 1 fully saturated rings. The number of carbonyl (C=O) groups is 1. The van der Waals surface area contributed by atoms with Crippen LogP contribution in [-0.4, -0.2) is 33.0 Å². The standard InChI is InChI=1S/C10H16N4O2S/c1-2-5-11-8(15)6-17-10-13-12-9(16)14(10)7-3-4-7/h7H,2-6H2,1H3,(H,11,15)(H,12,16). The fourth-order valence-electron chi connectivity index (χ4n) is 1.49. The van der Waals surface area contributed by atoms with E-state index in [0.29, 0.717) is 17.5 Å². The van der Waals surface area contributed by atoms with E-state index in [1.165, 1.54) is 11.8 Å². The molecule has 1 aromatic heterocycles. The van der Waals surface area contributed by atoms with Gasteiger partial charge in [-0.3, -0.25) is 9.36 Å². The molecule has 6 nitrogen and oxygen atoms in total. The van der Waals surface area contributed by atoms with Crippen LogP contribution in [0.4, 0.5) is 0 Å². The van der Waals surface area contributed by atoms with Crippen molar-refractivity contribution in [2.75, 3.05) is 12.3 Å². The Hall–Kier alpha value is -1.24. The average molecular weight is 256 g/mol. The Morgan fingerprint density at radius 2 is 2.41 bits per heavy atom. The maximum absolute atomic E-state index is 11.5. The number of hydrogen-bond donors (Lipinski definition) is 2. The van der Waals surface area contributed by atoms with E-state index in [1.807, 2.05) is 6.92 Å². The molecule has 0 aliphatic heterocycles. The van der Waals surface area contributed by atoms with Crippen molar-refractivity contribution >= 4 is 17.7 Å². The molecule has 94 valence electrons. The van der Waals surface area contributed by atoms with Crippen LogP contribution in [0.5, 0.6) is 0 Å². The molecule has 1 aliphatic carbocycles. The number of amides is 1. The van der Waals surface area contributed by atoms with E-state index in [0.717, 1.165) is 19.3 Å². The van der Waals surface area contributed by atoms with Gasteiger partial charge in [-0.25, -0.2) is 9.89 Å². The molecule has 1 saturated carbocycles. The highest BCUT2D eigenvalue weighted by molar-refractivity contribution is 7.99. The highest BCUT2D eigenvalue weighted by Gasteiger charge is 2.28. The minimum absolute atomic E-state index is 0.0188. The molecule has 0 aromatic carbocycles. The van der Waals surface area contributed by atoms with Crippen molar-refractivity contribution in [3.8, 4) is 0 Å². The maximum atomic E-state index is 11.5. The van der Waals surface area contributed by atoms with Crippen LogP contribution in [0.3, 0.4) is 0 Å². The van der Waals surface area contributed by atoms with Crippen LogP contribution < -0.4 is 11.0 Å². The number of carbonyl (C=O) groups excluding carboxylic acids is 1. The highest BCUT2D eigenvalue weighted by Crippen LogP contribution is 2.35. The van der Waals surface area contributed by atoms with Crippen molar-refractivity contribution < 1.29 is 4.79 Å². The zero-order valence-electron chi connectivity index (χ0n) is 9.73. The van der Waals surface area contributed by atoms with Gasteiger partial charge < -0.3 is 5.32 Å². The summed E-state index contributed by atoms with van der Waals surface area (Å²) in [6.07, 6.45) is 2.97. The Balaban J connectivity index is 1.90. The first-order valence-corrected chi connectivity index (χ1v) is 6.77. The van der Waals surface area contributed by atoms with E-state index < -0.39 is 0 Å². The van der Waals surface area contributed by atoms with Crippen molar-refractivity contribution in [2.24, 2.45) is 0 Å². The first-order valence-electron chi connectivity index (χ1n) is 5.78. The number of aromatic nitrogens is 3. The van der Waals surface area contributed by atoms with Gasteiger partial charge in [-0.05, 0) is 19.3 Å². The second kappa shape index (κ2) is 5.39. The molecule has 2 N–H and O–H groups in total. The zero-order chi connectivity index (χ0) is 12.3. The van der Waals surface area contributed by atoms with Crippen molar-refractivity contribution in [3.63, 3.8) is 0 Å². The Bertz CT molecular complexity index is 449. The van der Waals surface area contributed by atoms with Crippen molar-refractivity contribution in [3.05, 3.63) is 10.5 Å². The van der Waals surface area contributed by atoms with Crippen LogP contribution in [0.1, 0.15) is 32.2 Å². The summed E-state index contributed by atoms with van der Waals surface area (Å²) in [5, 5.41) is 9.77. The van der Waals surface area contributed by atoms with E-state index in [4.69, 9.17) is 0 Å². The molecular formula is C10H16N4O2S. The Morgan fingerprint density at radius 1 is 1.65 bits per heavy atom. The largest absolute Gasteiger partial charge is 0.355 e. The van der Waals surface area contributed by atoms with E-state index in [2.05, 4.69) is 15.5 Å². The molecule has 1 aliphatic rings. The van der Waals surface area contributed by atoms with Crippen molar-refractivity contribution in [1.82, 2.24) is 20.1 Å². The fraction of sp³-hybridized carbons (Fsp3) is 0.700. The molecule has 1 aromatic rings. The van der Waals surface area contributed by atoms with Gasteiger partial charge in [-0.1, -0.05) is 18.7 Å². The van der Waals surface area contributed by atoms with E-state index in [1.54, 1.807) is 4.57 Å². The molecule has 1 amide bonds. The van der Waals surface area contributed by atoms with Gasteiger partial charge >= 0.3 is 5.69 Å². The van der Waals surface area contributed by atoms with Crippen molar-refractivity contribution in [1.29, 1.82) is 0 Å². The monoisotopic (exact) mass is 256 g/mol. The zero-order valence-corrected chi connectivity index (χ0v) is 10.5. The number of H-pyrrole nitrogens is 1. The van der Waals surface area contributed by atoms with Gasteiger partial charge in [0.25, 0.3) is 0 Å². The summed E-state index contributed by atoms with van der Waals surface area (Å²) in [6.45, 7) is 2.70. The van der Waals surface area contributed by atoms with E-state index in [9.17, 15) is 9.59 Å². The molecule has 0 radical (unpaired) electrons. The van der Waals surface area contributed by atoms with Gasteiger partial charge in [0.1, 0.15) is 0 Å². The molecule has 0 saturated heterocycles. The Morgan fingerprint density at radius 3 is 3.06 bits per heavy atom. The van der Waals surface area contributed by atoms with Gasteiger partial charge in [-0.15, -0.1) is 5.10 Å². The number of aromatic amines is 1. The van der Waals surface area contributed by atoms with Crippen LogP contribution in [0.2, 0.25) is 0 Å². The Kier molecular flexibility index (Phi) is 3.88. The normalized spacial score (nSPS) is 14.9. The van der Waals surface area contributed by atoms with Gasteiger partial charge in [0.15, 0.2) is 5.16 Å². The molecule has 0 bridgehead atoms. The van der Waals surface area contributed by atoms with Crippen LogP contribution in [0.25, 0.3) is 0 Å². The third kappa shape index (κ3) is 3.12. The quantitative estimate of drug-likeness (QED) is 0.727. The van der Waals surface area contributed by atoms with Gasteiger partial charge in [0.05, 0.1) is 5.75 Å². The average Bonchev–Trinajstić information content (AvgIpc) is 3.08. The van der Waals surface area contributed by atoms with Gasteiger partial charge in [0, 0.05) is 12.6 Å². The lowest BCUT2D eigenvalue weighted by atomic mass is 10.5. The second-order valence-corrected chi connectivity index (χ2v) is 4.99. The third-order valence-corrected chi connectivity index (χ3v) is 3.44. The van der Waals surface area contributed by atoms with E-state index >= 15 is 0 Å². The summed E-state index contributed by atoms with van der Waals surface area (Å²) in [6, 6.07) is 0.280. The van der Waals surface area contributed by atoms with Crippen LogP contribution in [-0.2, 0) is 4.79 Å². The summed E-state index contributed by atoms with van der Waals surface area (Å²) in [7, 11) is 0. The minimum Gasteiger partial charge on any atom is -0.355 e. The molecule has 0 unspecified atom stereocenters. The topological polar surface area (TPSA) is 79.8 Å². The smallest absolute Gasteiger partial charge is 0.344 e. The maximum Gasteiger partial charge on any atom is 0.344 e. The summed E-state index contributed by atoms with van der Waals surface area (Å²) in [4.78, 5) is 22.9. The number of hydrogen-bond acceptors (Lipinski definition) is 4. The lowest BCUT2D eigenvalue weighted by molar-refractivity contribution is -0.118. The fourth-order valence-corrected chi connectivity index (χ4v) is 2.34. The Labute approximate surface area is 103 Å². The molecule has 0 atom stereocenters. The van der Waals surface area contributed by atoms with Crippen LogP contribution in [0, 0.1) is 0 Å². The van der Waals surface area contributed by atoms with Gasteiger partial charge in [-0.2, -0.15) is 0 Å². The third-order valence-electron chi connectivity index (χ3n) is 2.49. The van der Waals surface area contributed by atoms with Crippen LogP contribution >= 0.6 is 11.8 Å². The molecular weight excluding hydrogens is 240 g/mol. The molecule has 1 heterocycles. The molecule has 7 heteroatoms. The lowest BCUT2D eigenvalue weighted by Gasteiger charge is -2.04. The first kappa shape index (κ1) is 12.2. The SMILES string of the molecule is CCCNC(=O)CSc1n[nH]c(=O)n1C1CC1. The summed E-state index contributed by atoms with van der Waals surface area (Å²) >= 11 is 1.30. The van der Waals surface area contributed by atoms with Crippen LogP contribution in [0.15, 0.2) is 9.95 Å². The summed E-state index contributed by atoms with van der Waals surface area (Å²) in [5.41, 5.74) is -0.177. The van der Waals surface area contributed by atoms with Gasteiger partial charge in [0.2, 0.25) is 5.91 Å². The number of nitrogens with zero attached hydrogens (tertiary/aromatic N) is 2. The predicted molar refractivity (Wildman–Crippen MR) is 65.1 cm³/mol. The second-order valence-electron chi connectivity index (χ2n) is 4.05. The number of rotatable bonds is 6.